The number of aliphatic hydroxyl groups excluding tert-OH is 1. The second-order valence-corrected chi connectivity index (χ2v) is 2.57. The molecule has 0 fully saturated rings. The monoisotopic (exact) mass is 171 g/mol. The van der Waals surface area contributed by atoms with Crippen LogP contribution in [-0.2, 0) is 0 Å². The normalized spacial score (nSPS) is 17.3. The smallest absolute Gasteiger partial charge is 0.311 e. The number of nitro groups is 1. The van der Waals surface area contributed by atoms with Crippen molar-refractivity contribution < 1.29 is 10.0 Å². The lowest BCUT2D eigenvalue weighted by Gasteiger charge is -2.02. The summed E-state index contributed by atoms with van der Waals surface area (Å²) in [5.74, 6) is -0.302. The van der Waals surface area contributed by atoms with Crippen molar-refractivity contribution in [2.75, 3.05) is 0 Å². The first-order valence-corrected chi connectivity index (χ1v) is 3.30. The molecule has 0 amide bonds. The van der Waals surface area contributed by atoms with Gasteiger partial charge in [0.05, 0.1) is 4.92 Å². The fourth-order valence-corrected chi connectivity index (χ4v) is 0.928. The van der Waals surface area contributed by atoms with Gasteiger partial charge in [0.15, 0.2) is 5.76 Å². The summed E-state index contributed by atoms with van der Waals surface area (Å²) in [7, 11) is 0. The highest BCUT2D eigenvalue weighted by atomic mass is 32.1. The maximum atomic E-state index is 10.2. The van der Waals surface area contributed by atoms with E-state index < -0.39 is 4.92 Å². The Hall–Kier alpha value is -1.23. The first-order valence-electron chi connectivity index (χ1n) is 2.89. The van der Waals surface area contributed by atoms with Crippen LogP contribution in [0.25, 0.3) is 0 Å². The highest BCUT2D eigenvalue weighted by molar-refractivity contribution is 7.80. The van der Waals surface area contributed by atoms with Gasteiger partial charge in [-0.2, -0.15) is 0 Å². The van der Waals surface area contributed by atoms with Crippen molar-refractivity contribution in [2.45, 2.75) is 6.42 Å². The van der Waals surface area contributed by atoms with Gasteiger partial charge in [0.25, 0.3) is 0 Å². The zero-order chi connectivity index (χ0) is 8.43. The van der Waals surface area contributed by atoms with Crippen LogP contribution < -0.4 is 0 Å². The Morgan fingerprint density at radius 2 is 2.36 bits per heavy atom. The number of hydrogen-bond donors (Lipinski definition) is 1. The van der Waals surface area contributed by atoms with Gasteiger partial charge in [-0.25, -0.2) is 0 Å². The van der Waals surface area contributed by atoms with E-state index in [-0.39, 0.29) is 11.5 Å². The Balaban J connectivity index is 2.99. The van der Waals surface area contributed by atoms with Gasteiger partial charge in [0, 0.05) is 17.4 Å². The molecule has 0 aromatic rings. The average molecular weight is 171 g/mol. The van der Waals surface area contributed by atoms with Crippen molar-refractivity contribution in [3.63, 3.8) is 0 Å². The summed E-state index contributed by atoms with van der Waals surface area (Å²) in [5.41, 5.74) is -0.318. The topological polar surface area (TPSA) is 63.4 Å². The van der Waals surface area contributed by atoms with Gasteiger partial charge in [0.1, 0.15) is 0 Å². The number of nitrogens with zero attached hydrogens (tertiary/aromatic N) is 1. The van der Waals surface area contributed by atoms with Crippen molar-refractivity contribution in [3.8, 4) is 0 Å². The van der Waals surface area contributed by atoms with Crippen LogP contribution in [0.3, 0.4) is 0 Å². The van der Waals surface area contributed by atoms with Gasteiger partial charge in [-0.05, 0) is 6.08 Å². The first kappa shape index (κ1) is 7.87. The van der Waals surface area contributed by atoms with E-state index in [1.54, 1.807) is 0 Å². The van der Waals surface area contributed by atoms with Gasteiger partial charge in [-0.3, -0.25) is 10.1 Å². The maximum Gasteiger partial charge on any atom is 0.311 e. The summed E-state index contributed by atoms with van der Waals surface area (Å²) in [4.78, 5) is 10.00. The second-order valence-electron chi connectivity index (χ2n) is 2.05. The van der Waals surface area contributed by atoms with E-state index in [0.29, 0.717) is 11.3 Å². The van der Waals surface area contributed by atoms with Crippen LogP contribution in [0.1, 0.15) is 6.42 Å². The van der Waals surface area contributed by atoms with E-state index in [0.717, 1.165) is 0 Å². The van der Waals surface area contributed by atoms with E-state index >= 15 is 0 Å². The maximum absolute atomic E-state index is 10.2. The van der Waals surface area contributed by atoms with Crippen LogP contribution in [0.2, 0.25) is 0 Å². The summed E-state index contributed by atoms with van der Waals surface area (Å²) in [6.45, 7) is 0. The Kier molecular flexibility index (Phi) is 2.00. The van der Waals surface area contributed by atoms with Crippen molar-refractivity contribution >= 4 is 17.1 Å². The summed E-state index contributed by atoms with van der Waals surface area (Å²) in [5, 5.41) is 19.1. The standard InChI is InChI=1S/C6H5NO3S/c8-6-2-1-4(11)3-5(6)7(9)10/h2-3,8H,1H2. The zero-order valence-corrected chi connectivity index (χ0v) is 6.30. The molecule has 5 heteroatoms. The molecule has 0 radical (unpaired) electrons. The summed E-state index contributed by atoms with van der Waals surface area (Å²) >= 11 is 4.72. The molecule has 1 aliphatic rings. The predicted molar refractivity (Wildman–Crippen MR) is 43.0 cm³/mol. The Bertz CT molecular complexity index is 280. The number of aliphatic hydroxyl groups is 1. The minimum Gasteiger partial charge on any atom is -0.502 e. The molecule has 58 valence electrons. The molecule has 1 rings (SSSR count). The lowest BCUT2D eigenvalue weighted by atomic mass is 10.1. The largest absolute Gasteiger partial charge is 0.502 e. The molecule has 0 aliphatic heterocycles. The van der Waals surface area contributed by atoms with Crippen molar-refractivity contribution in [2.24, 2.45) is 0 Å². The van der Waals surface area contributed by atoms with Gasteiger partial charge >= 0.3 is 5.70 Å². The molecule has 0 saturated heterocycles. The molecule has 0 heterocycles. The molecule has 0 saturated carbocycles. The first-order chi connectivity index (χ1) is 5.11. The summed E-state index contributed by atoms with van der Waals surface area (Å²) in [6.07, 6.45) is 2.93. The van der Waals surface area contributed by atoms with Crippen LogP contribution in [0.5, 0.6) is 0 Å². The quantitative estimate of drug-likeness (QED) is 0.367. The summed E-state index contributed by atoms with van der Waals surface area (Å²) in [6, 6.07) is 0. The predicted octanol–water partition coefficient (Wildman–Crippen LogP) is 1.36. The third-order valence-corrected chi connectivity index (χ3v) is 1.54. The molecule has 0 aromatic heterocycles. The molecule has 1 N–H and O–H groups in total. The minimum atomic E-state index is -0.655. The Labute approximate surface area is 68.0 Å². The molecule has 0 spiro atoms. The molecule has 0 bridgehead atoms. The van der Waals surface area contributed by atoms with Crippen molar-refractivity contribution in [1.82, 2.24) is 0 Å². The third kappa shape index (κ3) is 1.62. The number of thiocarbonyl (C=S) groups is 1. The lowest BCUT2D eigenvalue weighted by molar-refractivity contribution is -0.423. The molecular weight excluding hydrogens is 166 g/mol. The molecule has 1 aliphatic carbocycles. The van der Waals surface area contributed by atoms with E-state index in [2.05, 4.69) is 0 Å². The van der Waals surface area contributed by atoms with Crippen LogP contribution in [0, 0.1) is 10.1 Å². The summed E-state index contributed by atoms with van der Waals surface area (Å²) < 4.78 is 0. The SMILES string of the molecule is O=[N+]([O-])C1=CC(=S)CC=C1O. The number of allylic oxidation sites excluding steroid dienone is 2. The van der Waals surface area contributed by atoms with Gasteiger partial charge < -0.3 is 5.11 Å². The van der Waals surface area contributed by atoms with Crippen LogP contribution >= 0.6 is 12.2 Å². The molecule has 4 nitrogen and oxygen atoms in total. The Morgan fingerprint density at radius 3 is 2.82 bits per heavy atom. The lowest BCUT2D eigenvalue weighted by Crippen LogP contribution is -2.08. The fraction of sp³-hybridized carbons (Fsp3) is 0.167. The van der Waals surface area contributed by atoms with Crippen LogP contribution in [0.4, 0.5) is 0 Å². The molecular formula is C6H5NO3S. The number of hydrogen-bond acceptors (Lipinski definition) is 4. The van der Waals surface area contributed by atoms with Crippen molar-refractivity contribution in [3.05, 3.63) is 33.7 Å². The van der Waals surface area contributed by atoms with Gasteiger partial charge in [-0.15, -0.1) is 0 Å². The Morgan fingerprint density at radius 1 is 1.73 bits per heavy atom. The van der Waals surface area contributed by atoms with E-state index in [4.69, 9.17) is 17.3 Å². The zero-order valence-electron chi connectivity index (χ0n) is 5.48. The van der Waals surface area contributed by atoms with E-state index in [1.807, 2.05) is 0 Å². The average Bonchev–Trinajstić information content (AvgIpc) is 1.94. The highest BCUT2D eigenvalue weighted by Gasteiger charge is 2.20. The van der Waals surface area contributed by atoms with Crippen LogP contribution in [-0.4, -0.2) is 14.9 Å². The van der Waals surface area contributed by atoms with Crippen LogP contribution in [0.15, 0.2) is 23.6 Å². The molecule has 0 aromatic carbocycles. The third-order valence-electron chi connectivity index (χ3n) is 1.25. The minimum absolute atomic E-state index is 0.302. The second kappa shape index (κ2) is 2.79. The van der Waals surface area contributed by atoms with E-state index in [9.17, 15) is 10.1 Å². The molecule has 11 heavy (non-hydrogen) atoms. The van der Waals surface area contributed by atoms with E-state index in [1.165, 1.54) is 12.2 Å². The van der Waals surface area contributed by atoms with Gasteiger partial charge in [0.2, 0.25) is 0 Å². The fourth-order valence-electron chi connectivity index (χ4n) is 0.733. The van der Waals surface area contributed by atoms with Crippen molar-refractivity contribution in [1.29, 1.82) is 0 Å². The highest BCUT2D eigenvalue weighted by Crippen LogP contribution is 2.14. The molecule has 0 atom stereocenters. The van der Waals surface area contributed by atoms with Gasteiger partial charge in [-0.1, -0.05) is 12.2 Å². The number of rotatable bonds is 1. The molecule has 0 unspecified atom stereocenters.